The normalized spacial score (nSPS) is 12.1. The van der Waals surface area contributed by atoms with E-state index in [1.54, 1.807) is 45.0 Å². The van der Waals surface area contributed by atoms with Crippen molar-refractivity contribution in [2.75, 3.05) is 10.6 Å². The van der Waals surface area contributed by atoms with Gasteiger partial charge in [-0.25, -0.2) is 24.1 Å². The second-order valence-electron chi connectivity index (χ2n) is 12.3. The van der Waals surface area contributed by atoms with Gasteiger partial charge in [-0.15, -0.1) is 0 Å². The summed E-state index contributed by atoms with van der Waals surface area (Å²) in [6.45, 7) is 11.1. The maximum atomic E-state index is 15.0. The van der Waals surface area contributed by atoms with Crippen LogP contribution in [0.2, 0.25) is 0 Å². The number of carbonyl (C=O) groups is 2. The van der Waals surface area contributed by atoms with Crippen molar-refractivity contribution < 1.29 is 18.7 Å². The van der Waals surface area contributed by atoms with Gasteiger partial charge < -0.3 is 15.4 Å². The highest BCUT2D eigenvalue weighted by atomic mass is 32.2. The summed E-state index contributed by atoms with van der Waals surface area (Å²) in [7, 11) is 0. The van der Waals surface area contributed by atoms with Gasteiger partial charge >= 0.3 is 6.09 Å². The van der Waals surface area contributed by atoms with Crippen molar-refractivity contribution in [3.8, 4) is 0 Å². The summed E-state index contributed by atoms with van der Waals surface area (Å²) in [5, 5.41) is 9.53. The number of benzene rings is 3. The fourth-order valence-electron chi connectivity index (χ4n) is 4.73. The molecule has 9 nitrogen and oxygen atoms in total. The summed E-state index contributed by atoms with van der Waals surface area (Å²) in [5.74, 6) is -0.456. The number of anilines is 3. The highest BCUT2D eigenvalue weighted by Crippen LogP contribution is 2.37. The van der Waals surface area contributed by atoms with E-state index in [2.05, 4.69) is 30.9 Å². The number of ether oxygens (including phenoxy) is 1. The summed E-state index contributed by atoms with van der Waals surface area (Å²) < 4.78 is 20.4. The van der Waals surface area contributed by atoms with Crippen molar-refractivity contribution in [3.05, 3.63) is 108 Å². The molecular formula is C36H37FN6O3S. The Hall–Kier alpha value is -5.03. The number of aromatic nitrogens is 3. The van der Waals surface area contributed by atoms with Gasteiger partial charge in [0.2, 0.25) is 0 Å². The third kappa shape index (κ3) is 8.62. The number of nitrogens with one attached hydrogen (secondary N) is 3. The molecule has 0 spiro atoms. The van der Waals surface area contributed by atoms with Crippen molar-refractivity contribution in [1.29, 1.82) is 0 Å². The number of hydrogen-bond acceptors (Lipinski definition) is 8. The van der Waals surface area contributed by atoms with E-state index in [0.717, 1.165) is 15.4 Å². The van der Waals surface area contributed by atoms with Gasteiger partial charge in [-0.1, -0.05) is 55.9 Å². The maximum absolute atomic E-state index is 15.0. The standard InChI is InChI=1S/C36H37FN6O3S/c1-21(2)31-28(37)19-27-32(38-20-39-33(27)43-31)42-29-18-24(34(44)40-22(3)23-10-8-7-9-11-23)12-17-30(29)47-26-15-13-25(14-16-26)41-35(45)46-36(4,5)6/h7-22H,1-6H3,(H,40,44)(H,41,45)(H,38,39,42,43). The summed E-state index contributed by atoms with van der Waals surface area (Å²) in [5.41, 5.74) is 2.66. The average Bonchev–Trinajstić information content (AvgIpc) is 3.02. The fraction of sp³-hybridized carbons (Fsp3) is 0.250. The predicted octanol–water partition coefficient (Wildman–Crippen LogP) is 9.02. The van der Waals surface area contributed by atoms with Crippen LogP contribution in [0.5, 0.6) is 0 Å². The minimum absolute atomic E-state index is 0.118. The molecule has 0 aliphatic rings. The number of amides is 2. The molecule has 3 N–H and O–H groups in total. The van der Waals surface area contributed by atoms with Crippen LogP contribution in [0.4, 0.5) is 26.4 Å². The number of rotatable bonds is 9. The lowest BCUT2D eigenvalue weighted by atomic mass is 10.1. The molecule has 1 atom stereocenters. The van der Waals surface area contributed by atoms with Crippen molar-refractivity contribution in [1.82, 2.24) is 20.3 Å². The largest absolute Gasteiger partial charge is 0.444 e. The lowest BCUT2D eigenvalue weighted by molar-refractivity contribution is 0.0635. The Balaban J connectivity index is 1.45. The SMILES string of the molecule is CC(C)c1nc2ncnc(Nc3cc(C(=O)NC(C)c4ccccc4)ccc3Sc3ccc(NC(=O)OC(C)(C)C)cc3)c2cc1F. The third-order valence-corrected chi connectivity index (χ3v) is 8.11. The van der Waals surface area contributed by atoms with Crippen LogP contribution >= 0.6 is 11.8 Å². The molecule has 11 heteroatoms. The average molecular weight is 653 g/mol. The number of halogens is 1. The lowest BCUT2D eigenvalue weighted by Crippen LogP contribution is -2.27. The quantitative estimate of drug-likeness (QED) is 0.144. The molecule has 0 bridgehead atoms. The van der Waals surface area contributed by atoms with Gasteiger partial charge in [0.25, 0.3) is 5.91 Å². The van der Waals surface area contributed by atoms with E-state index in [4.69, 9.17) is 4.74 Å². The molecule has 47 heavy (non-hydrogen) atoms. The second kappa shape index (κ2) is 14.2. The molecule has 5 aromatic rings. The number of hydrogen-bond donors (Lipinski definition) is 3. The van der Waals surface area contributed by atoms with Gasteiger partial charge in [0.1, 0.15) is 23.6 Å². The van der Waals surface area contributed by atoms with Crippen molar-refractivity contribution in [2.45, 2.75) is 68.9 Å². The second-order valence-corrected chi connectivity index (χ2v) is 13.4. The zero-order valence-corrected chi connectivity index (χ0v) is 27.9. The van der Waals surface area contributed by atoms with Crippen molar-refractivity contribution >= 4 is 52.0 Å². The maximum Gasteiger partial charge on any atom is 0.412 e. The number of pyridine rings is 1. The predicted molar refractivity (Wildman–Crippen MR) is 184 cm³/mol. The Morgan fingerprint density at radius 1 is 0.915 bits per heavy atom. The van der Waals surface area contributed by atoms with E-state index in [1.807, 2.05) is 69.3 Å². The Morgan fingerprint density at radius 3 is 2.32 bits per heavy atom. The first-order valence-corrected chi connectivity index (χ1v) is 16.0. The number of nitrogens with zero attached hydrogens (tertiary/aromatic N) is 3. The Kier molecular flexibility index (Phi) is 10.0. The monoisotopic (exact) mass is 652 g/mol. The minimum atomic E-state index is -0.612. The van der Waals surface area contributed by atoms with Crippen LogP contribution in [-0.4, -0.2) is 32.6 Å². The van der Waals surface area contributed by atoms with Crippen LogP contribution in [0.25, 0.3) is 11.0 Å². The van der Waals surface area contributed by atoms with Crippen LogP contribution in [0.3, 0.4) is 0 Å². The Morgan fingerprint density at radius 2 is 1.64 bits per heavy atom. The lowest BCUT2D eigenvalue weighted by Gasteiger charge is -2.19. The van der Waals surface area contributed by atoms with Crippen LogP contribution in [-0.2, 0) is 4.74 Å². The third-order valence-electron chi connectivity index (χ3n) is 7.02. The molecular weight excluding hydrogens is 616 g/mol. The van der Waals surface area contributed by atoms with Crippen LogP contribution in [0.15, 0.2) is 95.0 Å². The molecule has 0 saturated heterocycles. The van der Waals surface area contributed by atoms with Gasteiger partial charge in [0.15, 0.2) is 5.65 Å². The molecule has 0 saturated carbocycles. The zero-order valence-electron chi connectivity index (χ0n) is 27.1. The first-order valence-electron chi connectivity index (χ1n) is 15.2. The summed E-state index contributed by atoms with van der Waals surface area (Å²) >= 11 is 1.45. The zero-order chi connectivity index (χ0) is 33.7. The van der Waals surface area contributed by atoms with Crippen molar-refractivity contribution in [3.63, 3.8) is 0 Å². The molecule has 2 heterocycles. The smallest absolute Gasteiger partial charge is 0.412 e. The molecule has 5 rings (SSSR count). The minimum Gasteiger partial charge on any atom is -0.444 e. The summed E-state index contributed by atoms with van der Waals surface area (Å²) in [4.78, 5) is 40.4. The van der Waals surface area contributed by atoms with Crippen LogP contribution in [0, 0.1) is 5.82 Å². The molecule has 242 valence electrons. The highest BCUT2D eigenvalue weighted by Gasteiger charge is 2.19. The highest BCUT2D eigenvalue weighted by molar-refractivity contribution is 7.99. The molecule has 0 aliphatic carbocycles. The number of carbonyl (C=O) groups excluding carboxylic acids is 2. The molecule has 2 aromatic heterocycles. The fourth-order valence-corrected chi connectivity index (χ4v) is 5.61. The molecule has 0 radical (unpaired) electrons. The van der Waals surface area contributed by atoms with E-state index in [9.17, 15) is 9.59 Å². The van der Waals surface area contributed by atoms with Crippen LogP contribution in [0.1, 0.15) is 75.1 Å². The van der Waals surface area contributed by atoms with E-state index < -0.39 is 17.5 Å². The van der Waals surface area contributed by atoms with E-state index in [1.165, 1.54) is 24.2 Å². The molecule has 0 fully saturated rings. The van der Waals surface area contributed by atoms with E-state index in [-0.39, 0.29) is 17.9 Å². The molecule has 1 unspecified atom stereocenters. The Labute approximate surface area is 277 Å². The topological polar surface area (TPSA) is 118 Å². The van der Waals surface area contributed by atoms with Gasteiger partial charge in [-0.3, -0.25) is 10.1 Å². The Bertz CT molecular complexity index is 1900. The first-order chi connectivity index (χ1) is 22.4. The van der Waals surface area contributed by atoms with Crippen LogP contribution < -0.4 is 16.0 Å². The molecule has 0 aliphatic heterocycles. The summed E-state index contributed by atoms with van der Waals surface area (Å²) in [6, 6.07) is 23.6. The van der Waals surface area contributed by atoms with Gasteiger partial charge in [-0.05, 0) is 87.7 Å². The van der Waals surface area contributed by atoms with Crippen molar-refractivity contribution in [2.24, 2.45) is 0 Å². The molecule has 2 amide bonds. The molecule has 3 aromatic carbocycles. The van der Waals surface area contributed by atoms with E-state index >= 15 is 4.39 Å². The van der Waals surface area contributed by atoms with E-state index in [0.29, 0.717) is 39.5 Å². The van der Waals surface area contributed by atoms with Gasteiger partial charge in [-0.2, -0.15) is 0 Å². The summed E-state index contributed by atoms with van der Waals surface area (Å²) in [6.07, 6.45) is 0.837. The van der Waals surface area contributed by atoms with Gasteiger partial charge in [0, 0.05) is 21.0 Å². The number of fused-ring (bicyclic) bond motifs is 1. The first kappa shape index (κ1) is 33.3. The van der Waals surface area contributed by atoms with Gasteiger partial charge in [0.05, 0.1) is 22.8 Å².